The summed E-state index contributed by atoms with van der Waals surface area (Å²) in [4.78, 5) is 47.9. The molecule has 0 saturated carbocycles. The molecule has 0 bridgehead atoms. The summed E-state index contributed by atoms with van der Waals surface area (Å²) >= 11 is 0. The number of aromatic nitrogens is 2. The van der Waals surface area contributed by atoms with Gasteiger partial charge in [-0.1, -0.05) is 99.7 Å². The van der Waals surface area contributed by atoms with Crippen LogP contribution >= 0.6 is 0 Å². The number of fused-ring (bicyclic) bond motifs is 2. The zero-order valence-electron chi connectivity index (χ0n) is 34.4. The fourth-order valence-corrected chi connectivity index (χ4v) is 7.16. The summed E-state index contributed by atoms with van der Waals surface area (Å²) in [6.07, 6.45) is 28.7. The maximum Gasteiger partial charge on any atom is 0.243 e. The lowest BCUT2D eigenvalue weighted by atomic mass is 10.0. The summed E-state index contributed by atoms with van der Waals surface area (Å²) in [5.74, 6) is -0.775. The molecule has 0 saturated heterocycles. The number of carbonyl (C=O) groups is 3. The van der Waals surface area contributed by atoms with Crippen LogP contribution in [0.1, 0.15) is 114 Å². The Morgan fingerprint density at radius 3 is 1.84 bits per heavy atom. The number of H-pyrrole nitrogens is 2. The van der Waals surface area contributed by atoms with Crippen LogP contribution in [-0.2, 0) is 27.2 Å². The predicted octanol–water partition coefficient (Wildman–Crippen LogP) is 8.05. The van der Waals surface area contributed by atoms with Crippen molar-refractivity contribution in [2.45, 2.75) is 128 Å². The highest BCUT2D eigenvalue weighted by Crippen LogP contribution is 2.21. The topological polar surface area (TPSA) is 157 Å². The van der Waals surface area contributed by atoms with Gasteiger partial charge in [0, 0.05) is 60.0 Å². The summed E-state index contributed by atoms with van der Waals surface area (Å²) < 4.78 is 0. The van der Waals surface area contributed by atoms with Gasteiger partial charge in [0.2, 0.25) is 17.7 Å². The Morgan fingerprint density at radius 2 is 1.19 bits per heavy atom. The van der Waals surface area contributed by atoms with Crippen LogP contribution in [0, 0.1) is 0 Å². The standard InChI is InChI=1S/C47H69N7O3/c1-2-3-4-5-6-7-8-9-10-11-12-13-14-15-16-28-45(55)53-44(34-38-36-52-42-27-20-18-25-40(38)42)47(57)54-43(33-37-35-51-41-26-19-17-24-39(37)41)46(56)50-32-22-21-30-49-31-23-29-48/h6-7,9-10,17-20,24-27,35-36,43-44,49,51-52H,2-5,8,11-16,21-23,28-34,48H2,1H3,(H,50,56)(H,53,55)(H,54,57)/b7-6-,10-9-/t43-,44-/m0/s1. The zero-order chi connectivity index (χ0) is 40.3. The Kier molecular flexibility index (Phi) is 21.4. The third-order valence-electron chi connectivity index (χ3n) is 10.5. The highest BCUT2D eigenvalue weighted by atomic mass is 16.2. The number of rotatable bonds is 30. The lowest BCUT2D eigenvalue weighted by Gasteiger charge is -2.23. The summed E-state index contributed by atoms with van der Waals surface area (Å²) in [5.41, 5.74) is 9.39. The maximum absolute atomic E-state index is 14.2. The first-order chi connectivity index (χ1) is 28.0. The number of allylic oxidation sites excluding steroid dienone is 4. The molecule has 4 rings (SSSR count). The minimum atomic E-state index is -0.854. The van der Waals surface area contributed by atoms with E-state index in [0.29, 0.717) is 32.4 Å². The molecule has 0 unspecified atom stereocenters. The lowest BCUT2D eigenvalue weighted by molar-refractivity contribution is -0.132. The Balaban J connectivity index is 1.32. The molecule has 10 nitrogen and oxygen atoms in total. The highest BCUT2D eigenvalue weighted by molar-refractivity contribution is 5.94. The maximum atomic E-state index is 14.2. The second-order valence-corrected chi connectivity index (χ2v) is 15.2. The average molecular weight is 780 g/mol. The molecule has 0 spiro atoms. The van der Waals surface area contributed by atoms with Crippen LogP contribution in [0.15, 0.2) is 85.2 Å². The van der Waals surface area contributed by atoms with Gasteiger partial charge < -0.3 is 37.0 Å². The molecule has 10 heteroatoms. The minimum Gasteiger partial charge on any atom is -0.361 e. The number of amides is 3. The van der Waals surface area contributed by atoms with Crippen LogP contribution in [-0.4, -0.2) is 66.0 Å². The third-order valence-corrected chi connectivity index (χ3v) is 10.5. The normalized spacial score (nSPS) is 12.8. The molecule has 0 aliphatic heterocycles. The van der Waals surface area contributed by atoms with Gasteiger partial charge in [-0.2, -0.15) is 0 Å². The lowest BCUT2D eigenvalue weighted by Crippen LogP contribution is -2.55. The second-order valence-electron chi connectivity index (χ2n) is 15.2. The fraction of sp³-hybridized carbons (Fsp3) is 0.511. The number of para-hydroxylation sites is 2. The number of hydrogen-bond acceptors (Lipinski definition) is 5. The molecule has 310 valence electrons. The molecule has 8 N–H and O–H groups in total. The van der Waals surface area contributed by atoms with Gasteiger partial charge in [-0.25, -0.2) is 0 Å². The van der Waals surface area contributed by atoms with E-state index >= 15 is 0 Å². The molecule has 0 aliphatic carbocycles. The summed E-state index contributed by atoms with van der Waals surface area (Å²) in [7, 11) is 0. The zero-order valence-corrected chi connectivity index (χ0v) is 34.4. The van der Waals surface area contributed by atoms with E-state index in [1.807, 2.05) is 60.9 Å². The monoisotopic (exact) mass is 780 g/mol. The smallest absolute Gasteiger partial charge is 0.243 e. The molecule has 3 amide bonds. The number of nitrogens with one attached hydrogen (secondary N) is 6. The largest absolute Gasteiger partial charge is 0.361 e. The average Bonchev–Trinajstić information content (AvgIpc) is 3.83. The molecule has 2 heterocycles. The van der Waals surface area contributed by atoms with E-state index < -0.39 is 12.1 Å². The van der Waals surface area contributed by atoms with Crippen molar-refractivity contribution in [2.75, 3.05) is 26.2 Å². The molecule has 2 aromatic carbocycles. The molecule has 0 aliphatic rings. The van der Waals surface area contributed by atoms with Gasteiger partial charge >= 0.3 is 0 Å². The number of nitrogens with two attached hydrogens (primary N) is 1. The van der Waals surface area contributed by atoms with Gasteiger partial charge in [0.1, 0.15) is 12.1 Å². The van der Waals surface area contributed by atoms with Gasteiger partial charge in [-0.15, -0.1) is 0 Å². The van der Waals surface area contributed by atoms with Crippen LogP contribution in [0.25, 0.3) is 21.8 Å². The first-order valence-corrected chi connectivity index (χ1v) is 21.7. The molecular weight excluding hydrogens is 711 g/mol. The summed E-state index contributed by atoms with van der Waals surface area (Å²) in [5, 5.41) is 14.6. The van der Waals surface area contributed by atoms with E-state index in [1.54, 1.807) is 0 Å². The SMILES string of the molecule is CCCCC/C=C\C/C=C\CCCCCCCC(=O)N[C@@H](Cc1c[nH]c2ccccc12)C(=O)N[C@@H](Cc1c[nH]c2ccccc12)C(=O)NCCCCNCCCN. The van der Waals surface area contributed by atoms with E-state index in [4.69, 9.17) is 5.73 Å². The van der Waals surface area contributed by atoms with Crippen molar-refractivity contribution in [1.82, 2.24) is 31.2 Å². The fourth-order valence-electron chi connectivity index (χ4n) is 7.16. The van der Waals surface area contributed by atoms with Crippen molar-refractivity contribution >= 4 is 39.5 Å². The molecule has 2 atom stereocenters. The van der Waals surface area contributed by atoms with Crippen LogP contribution < -0.4 is 27.0 Å². The van der Waals surface area contributed by atoms with Crippen LogP contribution in [0.3, 0.4) is 0 Å². The van der Waals surface area contributed by atoms with E-state index in [0.717, 1.165) is 110 Å². The van der Waals surface area contributed by atoms with Crippen LogP contribution in [0.2, 0.25) is 0 Å². The Hall–Kier alpha value is -4.67. The van der Waals surface area contributed by atoms with Gasteiger partial charge in [0.15, 0.2) is 0 Å². The minimum absolute atomic E-state index is 0.154. The van der Waals surface area contributed by atoms with E-state index in [-0.39, 0.29) is 17.7 Å². The molecular formula is C47H69N7O3. The number of unbranched alkanes of at least 4 members (excludes halogenated alkanes) is 9. The number of benzene rings is 2. The Labute approximate surface area is 340 Å². The van der Waals surface area contributed by atoms with Gasteiger partial charge in [0.05, 0.1) is 0 Å². The van der Waals surface area contributed by atoms with Gasteiger partial charge in [-0.05, 0) is 101 Å². The van der Waals surface area contributed by atoms with E-state index in [1.165, 1.54) is 25.7 Å². The number of aromatic amines is 2. The van der Waals surface area contributed by atoms with Crippen molar-refractivity contribution in [3.8, 4) is 0 Å². The molecule has 0 fully saturated rings. The Morgan fingerprint density at radius 1 is 0.632 bits per heavy atom. The van der Waals surface area contributed by atoms with Gasteiger partial charge in [0.25, 0.3) is 0 Å². The van der Waals surface area contributed by atoms with Crippen molar-refractivity contribution in [2.24, 2.45) is 5.73 Å². The molecule has 0 radical (unpaired) electrons. The quantitative estimate of drug-likeness (QED) is 0.0211. The predicted molar refractivity (Wildman–Crippen MR) is 236 cm³/mol. The second kappa shape index (κ2) is 27.1. The van der Waals surface area contributed by atoms with Crippen molar-refractivity contribution in [3.63, 3.8) is 0 Å². The molecule has 2 aromatic heterocycles. The summed E-state index contributed by atoms with van der Waals surface area (Å²) in [6, 6.07) is 14.2. The van der Waals surface area contributed by atoms with E-state index in [9.17, 15) is 14.4 Å². The number of hydrogen-bond donors (Lipinski definition) is 7. The van der Waals surface area contributed by atoms with Crippen molar-refractivity contribution in [3.05, 3.63) is 96.4 Å². The van der Waals surface area contributed by atoms with E-state index in [2.05, 4.69) is 62.5 Å². The number of carbonyl (C=O) groups excluding carboxylic acids is 3. The third kappa shape index (κ3) is 16.8. The van der Waals surface area contributed by atoms with Crippen molar-refractivity contribution < 1.29 is 14.4 Å². The first-order valence-electron chi connectivity index (χ1n) is 21.7. The van der Waals surface area contributed by atoms with Crippen LogP contribution in [0.5, 0.6) is 0 Å². The Bertz CT molecular complexity index is 1810. The summed E-state index contributed by atoms with van der Waals surface area (Å²) in [6.45, 7) is 5.14. The molecule has 57 heavy (non-hydrogen) atoms. The van der Waals surface area contributed by atoms with Gasteiger partial charge in [-0.3, -0.25) is 14.4 Å². The molecule has 4 aromatic rings. The first kappa shape index (κ1) is 45.0. The van der Waals surface area contributed by atoms with Crippen LogP contribution in [0.4, 0.5) is 0 Å². The van der Waals surface area contributed by atoms with Crippen molar-refractivity contribution in [1.29, 1.82) is 0 Å². The highest BCUT2D eigenvalue weighted by Gasteiger charge is 2.28.